The molecule has 1 unspecified atom stereocenters. The number of rotatable bonds is 3. The second kappa shape index (κ2) is 5.14. The van der Waals surface area contributed by atoms with Gasteiger partial charge in [-0.1, -0.05) is 18.2 Å². The summed E-state index contributed by atoms with van der Waals surface area (Å²) in [6, 6.07) is 11.3. The summed E-state index contributed by atoms with van der Waals surface area (Å²) in [4.78, 5) is 2.80. The summed E-state index contributed by atoms with van der Waals surface area (Å²) in [5.41, 5.74) is 1.45. The van der Waals surface area contributed by atoms with Crippen molar-refractivity contribution in [1.29, 1.82) is 0 Å². The Morgan fingerprint density at radius 3 is 3.00 bits per heavy atom. The number of halogens is 1. The van der Waals surface area contributed by atoms with Gasteiger partial charge in [-0.05, 0) is 39.0 Å². The van der Waals surface area contributed by atoms with Crippen molar-refractivity contribution < 1.29 is 0 Å². The molecule has 0 bridgehead atoms. The first kappa shape index (κ1) is 11.8. The van der Waals surface area contributed by atoms with Gasteiger partial charge in [-0.3, -0.25) is 0 Å². The molecule has 1 atom stereocenters. The highest BCUT2D eigenvalue weighted by molar-refractivity contribution is 9.10. The van der Waals surface area contributed by atoms with Crippen molar-refractivity contribution in [2.45, 2.75) is 17.5 Å². The zero-order chi connectivity index (χ0) is 11.7. The molecule has 0 saturated carbocycles. The molecule has 0 spiro atoms. The van der Waals surface area contributed by atoms with Gasteiger partial charge >= 0.3 is 0 Å². The zero-order valence-corrected chi connectivity index (χ0v) is 12.4. The van der Waals surface area contributed by atoms with Gasteiger partial charge in [-0.2, -0.15) is 0 Å². The van der Waals surface area contributed by atoms with E-state index >= 15 is 0 Å². The van der Waals surface area contributed by atoms with Crippen LogP contribution in [0.2, 0.25) is 0 Å². The smallest absolute Gasteiger partial charge is 0.0429 e. The first-order valence-electron chi connectivity index (χ1n) is 5.51. The van der Waals surface area contributed by atoms with Gasteiger partial charge < -0.3 is 5.32 Å². The normalized spacial score (nSPS) is 18.3. The molecule has 0 radical (unpaired) electrons. The Kier molecular flexibility index (Phi) is 3.56. The molecule has 17 heavy (non-hydrogen) atoms. The SMILES string of the molecule is Brc1ccsc1CNC1CSc2ccccc21. The maximum absolute atomic E-state index is 3.64. The molecule has 2 aromatic rings. The van der Waals surface area contributed by atoms with Crippen LogP contribution >= 0.6 is 39.0 Å². The van der Waals surface area contributed by atoms with E-state index in [1.807, 2.05) is 11.8 Å². The molecule has 1 aromatic heterocycles. The van der Waals surface area contributed by atoms with Crippen LogP contribution in [0.25, 0.3) is 0 Å². The highest BCUT2D eigenvalue weighted by Gasteiger charge is 2.22. The van der Waals surface area contributed by atoms with Gasteiger partial charge in [0, 0.05) is 32.6 Å². The van der Waals surface area contributed by atoms with Gasteiger partial charge in [-0.25, -0.2) is 0 Å². The number of hydrogen-bond acceptors (Lipinski definition) is 3. The molecule has 0 saturated heterocycles. The Morgan fingerprint density at radius 1 is 1.29 bits per heavy atom. The molecule has 2 heterocycles. The molecule has 1 N–H and O–H groups in total. The minimum atomic E-state index is 0.491. The third-order valence-corrected chi connectivity index (χ3v) is 6.01. The number of hydrogen-bond donors (Lipinski definition) is 1. The van der Waals surface area contributed by atoms with E-state index < -0.39 is 0 Å². The lowest BCUT2D eigenvalue weighted by Gasteiger charge is -2.12. The van der Waals surface area contributed by atoms with Gasteiger partial charge in [0.25, 0.3) is 0 Å². The topological polar surface area (TPSA) is 12.0 Å². The average Bonchev–Trinajstić information content (AvgIpc) is 2.93. The molecule has 1 aliphatic rings. The summed E-state index contributed by atoms with van der Waals surface area (Å²) in [7, 11) is 0. The molecule has 0 aliphatic carbocycles. The van der Waals surface area contributed by atoms with E-state index in [1.165, 1.54) is 19.8 Å². The lowest BCUT2D eigenvalue weighted by atomic mass is 10.1. The van der Waals surface area contributed by atoms with Crippen molar-refractivity contribution in [3.8, 4) is 0 Å². The summed E-state index contributed by atoms with van der Waals surface area (Å²) in [5.74, 6) is 1.14. The van der Waals surface area contributed by atoms with Crippen LogP contribution in [0.15, 0.2) is 45.1 Å². The van der Waals surface area contributed by atoms with E-state index in [4.69, 9.17) is 0 Å². The van der Waals surface area contributed by atoms with E-state index in [9.17, 15) is 0 Å². The predicted octanol–water partition coefficient (Wildman–Crippen LogP) is 4.45. The summed E-state index contributed by atoms with van der Waals surface area (Å²) in [6.07, 6.45) is 0. The van der Waals surface area contributed by atoms with Gasteiger partial charge in [0.05, 0.1) is 0 Å². The molecule has 1 aliphatic heterocycles. The highest BCUT2D eigenvalue weighted by Crippen LogP contribution is 2.38. The summed E-state index contributed by atoms with van der Waals surface area (Å²) in [6.45, 7) is 0.942. The monoisotopic (exact) mass is 325 g/mol. The predicted molar refractivity (Wildman–Crippen MR) is 78.8 cm³/mol. The van der Waals surface area contributed by atoms with Gasteiger partial charge in [0.15, 0.2) is 0 Å². The van der Waals surface area contributed by atoms with Crippen molar-refractivity contribution in [3.63, 3.8) is 0 Å². The molecule has 4 heteroatoms. The molecule has 3 rings (SSSR count). The van der Waals surface area contributed by atoms with E-state index in [0.717, 1.165) is 12.3 Å². The van der Waals surface area contributed by atoms with E-state index in [0.29, 0.717) is 6.04 Å². The average molecular weight is 326 g/mol. The summed E-state index contributed by atoms with van der Waals surface area (Å²) < 4.78 is 1.22. The second-order valence-corrected chi connectivity index (χ2v) is 6.89. The van der Waals surface area contributed by atoms with Crippen LogP contribution in [0.3, 0.4) is 0 Å². The number of thiophene rings is 1. The van der Waals surface area contributed by atoms with Crippen LogP contribution in [-0.4, -0.2) is 5.75 Å². The van der Waals surface area contributed by atoms with Crippen molar-refractivity contribution in [2.75, 3.05) is 5.75 Å². The summed E-state index contributed by atoms with van der Waals surface area (Å²) in [5, 5.41) is 5.76. The first-order chi connectivity index (χ1) is 8.34. The van der Waals surface area contributed by atoms with E-state index in [-0.39, 0.29) is 0 Å². The third-order valence-electron chi connectivity index (χ3n) is 2.90. The molecule has 1 nitrogen and oxygen atoms in total. The maximum Gasteiger partial charge on any atom is 0.0429 e. The Balaban J connectivity index is 1.70. The molecular weight excluding hydrogens is 314 g/mol. The largest absolute Gasteiger partial charge is 0.304 e. The minimum absolute atomic E-state index is 0.491. The molecule has 0 amide bonds. The quantitative estimate of drug-likeness (QED) is 0.894. The van der Waals surface area contributed by atoms with Crippen LogP contribution < -0.4 is 5.32 Å². The van der Waals surface area contributed by atoms with Gasteiger partial charge in [-0.15, -0.1) is 23.1 Å². The fraction of sp³-hybridized carbons (Fsp3) is 0.231. The van der Waals surface area contributed by atoms with Crippen LogP contribution in [0.5, 0.6) is 0 Å². The van der Waals surface area contributed by atoms with Crippen LogP contribution in [0.4, 0.5) is 0 Å². The zero-order valence-electron chi connectivity index (χ0n) is 9.15. The highest BCUT2D eigenvalue weighted by atomic mass is 79.9. The lowest BCUT2D eigenvalue weighted by Crippen LogP contribution is -2.20. The minimum Gasteiger partial charge on any atom is -0.304 e. The second-order valence-electron chi connectivity index (χ2n) is 3.97. The van der Waals surface area contributed by atoms with E-state index in [1.54, 1.807) is 11.3 Å². The third kappa shape index (κ3) is 2.45. The fourth-order valence-electron chi connectivity index (χ4n) is 2.00. The number of nitrogens with one attached hydrogen (secondary N) is 1. The maximum atomic E-state index is 3.64. The lowest BCUT2D eigenvalue weighted by molar-refractivity contribution is 0.587. The number of thioether (sulfide) groups is 1. The van der Waals surface area contributed by atoms with Crippen molar-refractivity contribution >= 4 is 39.0 Å². The summed E-state index contributed by atoms with van der Waals surface area (Å²) >= 11 is 7.32. The number of fused-ring (bicyclic) bond motifs is 1. The molecule has 0 fully saturated rings. The Hall–Kier alpha value is -0.290. The van der Waals surface area contributed by atoms with Crippen LogP contribution in [0, 0.1) is 0 Å². The fourth-order valence-corrected chi connectivity index (χ4v) is 4.64. The van der Waals surface area contributed by atoms with Crippen LogP contribution in [0.1, 0.15) is 16.5 Å². The van der Waals surface area contributed by atoms with Gasteiger partial charge in [0.2, 0.25) is 0 Å². The molecular formula is C13H12BrNS2. The Morgan fingerprint density at radius 2 is 2.18 bits per heavy atom. The van der Waals surface area contributed by atoms with E-state index in [2.05, 4.69) is 57.0 Å². The Bertz CT molecular complexity index is 524. The molecule has 88 valence electrons. The number of benzene rings is 1. The van der Waals surface area contributed by atoms with Gasteiger partial charge in [0.1, 0.15) is 0 Å². The first-order valence-corrected chi connectivity index (χ1v) is 8.17. The van der Waals surface area contributed by atoms with Crippen LogP contribution in [-0.2, 0) is 6.54 Å². The molecule has 1 aromatic carbocycles. The van der Waals surface area contributed by atoms with Crippen molar-refractivity contribution in [3.05, 3.63) is 50.6 Å². The Labute approximate surface area is 118 Å². The van der Waals surface area contributed by atoms with Crippen molar-refractivity contribution in [2.24, 2.45) is 0 Å². The van der Waals surface area contributed by atoms with Crippen molar-refractivity contribution in [1.82, 2.24) is 5.32 Å². The standard InChI is InChI=1S/C13H12BrNS2/c14-10-5-6-16-13(10)7-15-11-8-17-12-4-2-1-3-9(11)12/h1-6,11,15H,7-8H2.